The largest absolute Gasteiger partial charge is 0.308 e. The SMILES string of the molecule is Cn1nc(Cl)c2c(C3(C)CCCN3)cccc21. The summed E-state index contributed by atoms with van der Waals surface area (Å²) in [6, 6.07) is 6.31. The zero-order valence-corrected chi connectivity index (χ0v) is 10.9. The molecule has 3 rings (SSSR count). The van der Waals surface area contributed by atoms with Crippen molar-refractivity contribution in [3.63, 3.8) is 0 Å². The van der Waals surface area contributed by atoms with Crippen LogP contribution in [0.3, 0.4) is 0 Å². The molecule has 0 bridgehead atoms. The lowest BCUT2D eigenvalue weighted by Crippen LogP contribution is -2.33. The van der Waals surface area contributed by atoms with Crippen molar-refractivity contribution in [2.24, 2.45) is 7.05 Å². The van der Waals surface area contributed by atoms with Crippen LogP contribution in [0.15, 0.2) is 18.2 Å². The molecule has 0 amide bonds. The van der Waals surface area contributed by atoms with Crippen LogP contribution in [0.25, 0.3) is 10.9 Å². The summed E-state index contributed by atoms with van der Waals surface area (Å²) in [6.07, 6.45) is 2.36. The van der Waals surface area contributed by atoms with E-state index < -0.39 is 0 Å². The summed E-state index contributed by atoms with van der Waals surface area (Å²) in [7, 11) is 1.93. The van der Waals surface area contributed by atoms with Crippen LogP contribution in [-0.2, 0) is 12.6 Å². The Morgan fingerprint density at radius 3 is 3.00 bits per heavy atom. The van der Waals surface area contributed by atoms with Crippen LogP contribution in [0.5, 0.6) is 0 Å². The summed E-state index contributed by atoms with van der Waals surface area (Å²) >= 11 is 6.26. The number of nitrogens with one attached hydrogen (secondary N) is 1. The normalized spacial score (nSPS) is 24.6. The molecule has 1 aromatic heterocycles. The number of hydrogen-bond donors (Lipinski definition) is 1. The van der Waals surface area contributed by atoms with E-state index in [1.165, 1.54) is 12.0 Å². The molecule has 1 aliphatic heterocycles. The molecule has 1 N–H and O–H groups in total. The number of hydrogen-bond acceptors (Lipinski definition) is 2. The molecule has 3 nitrogen and oxygen atoms in total. The topological polar surface area (TPSA) is 29.9 Å². The van der Waals surface area contributed by atoms with E-state index in [0.29, 0.717) is 5.15 Å². The first kappa shape index (κ1) is 11.1. The average molecular weight is 250 g/mol. The fraction of sp³-hybridized carbons (Fsp3) is 0.462. The second-order valence-electron chi connectivity index (χ2n) is 4.98. The van der Waals surface area contributed by atoms with Gasteiger partial charge >= 0.3 is 0 Å². The summed E-state index contributed by atoms with van der Waals surface area (Å²) in [5.41, 5.74) is 2.40. The molecule has 1 fully saturated rings. The van der Waals surface area contributed by atoms with Gasteiger partial charge in [0.1, 0.15) is 0 Å². The zero-order valence-electron chi connectivity index (χ0n) is 10.1. The van der Waals surface area contributed by atoms with E-state index >= 15 is 0 Å². The van der Waals surface area contributed by atoms with E-state index in [1.54, 1.807) is 0 Å². The van der Waals surface area contributed by atoms with Crippen molar-refractivity contribution in [1.82, 2.24) is 15.1 Å². The zero-order chi connectivity index (χ0) is 12.0. The van der Waals surface area contributed by atoms with Gasteiger partial charge in [-0.05, 0) is 37.9 Å². The molecular formula is C13H16ClN3. The number of halogens is 1. The van der Waals surface area contributed by atoms with Gasteiger partial charge in [0, 0.05) is 18.0 Å². The Hall–Kier alpha value is -1.06. The lowest BCUT2D eigenvalue weighted by atomic mass is 9.88. The highest BCUT2D eigenvalue weighted by atomic mass is 35.5. The number of aromatic nitrogens is 2. The smallest absolute Gasteiger partial charge is 0.159 e. The van der Waals surface area contributed by atoms with Crippen LogP contribution in [0, 0.1) is 0 Å². The summed E-state index contributed by atoms with van der Waals surface area (Å²) < 4.78 is 1.85. The average Bonchev–Trinajstić information content (AvgIpc) is 2.86. The molecule has 2 heterocycles. The number of fused-ring (bicyclic) bond motifs is 1. The molecule has 0 radical (unpaired) electrons. The minimum Gasteiger partial charge on any atom is -0.308 e. The van der Waals surface area contributed by atoms with Crippen molar-refractivity contribution in [1.29, 1.82) is 0 Å². The van der Waals surface area contributed by atoms with Crippen LogP contribution < -0.4 is 5.32 Å². The van der Waals surface area contributed by atoms with Crippen molar-refractivity contribution >= 4 is 22.5 Å². The van der Waals surface area contributed by atoms with Crippen LogP contribution in [0.2, 0.25) is 5.15 Å². The van der Waals surface area contributed by atoms with E-state index in [2.05, 4.69) is 35.5 Å². The first-order valence-corrected chi connectivity index (χ1v) is 6.36. The quantitative estimate of drug-likeness (QED) is 0.842. The lowest BCUT2D eigenvalue weighted by Gasteiger charge is -2.25. The number of benzene rings is 1. The third-order valence-electron chi connectivity index (χ3n) is 3.80. The van der Waals surface area contributed by atoms with Gasteiger partial charge in [0.15, 0.2) is 5.15 Å². The maximum Gasteiger partial charge on any atom is 0.159 e. The van der Waals surface area contributed by atoms with Gasteiger partial charge in [0.05, 0.1) is 5.52 Å². The fourth-order valence-electron chi connectivity index (χ4n) is 2.85. The van der Waals surface area contributed by atoms with Crippen molar-refractivity contribution < 1.29 is 0 Å². The maximum atomic E-state index is 6.26. The summed E-state index contributed by atoms with van der Waals surface area (Å²) in [6.45, 7) is 3.32. The molecule has 1 aliphatic rings. The van der Waals surface area contributed by atoms with Crippen LogP contribution >= 0.6 is 11.6 Å². The molecule has 0 aliphatic carbocycles. The molecule has 1 aromatic carbocycles. The highest BCUT2D eigenvalue weighted by molar-refractivity contribution is 6.34. The monoisotopic (exact) mass is 249 g/mol. The summed E-state index contributed by atoms with van der Waals surface area (Å²) in [5.74, 6) is 0. The Labute approximate surface area is 106 Å². The highest BCUT2D eigenvalue weighted by Gasteiger charge is 2.32. The van der Waals surface area contributed by atoms with E-state index in [4.69, 9.17) is 11.6 Å². The molecule has 17 heavy (non-hydrogen) atoms. The standard InChI is InChI=1S/C13H16ClN3/c1-13(7-4-8-15-13)9-5-3-6-10-11(9)12(14)16-17(10)2/h3,5-6,15H,4,7-8H2,1-2H3. The third kappa shape index (κ3) is 1.57. The van der Waals surface area contributed by atoms with Crippen molar-refractivity contribution in [2.75, 3.05) is 6.54 Å². The van der Waals surface area contributed by atoms with E-state index in [1.807, 2.05) is 11.7 Å². The Morgan fingerprint density at radius 1 is 1.47 bits per heavy atom. The van der Waals surface area contributed by atoms with Gasteiger partial charge in [-0.1, -0.05) is 23.7 Å². The molecule has 0 spiro atoms. The number of nitrogens with zero attached hydrogens (tertiary/aromatic N) is 2. The Morgan fingerprint density at radius 2 is 2.29 bits per heavy atom. The third-order valence-corrected chi connectivity index (χ3v) is 4.06. The predicted octanol–water partition coefficient (Wildman–Crippen LogP) is 2.83. The van der Waals surface area contributed by atoms with Crippen LogP contribution in [0.1, 0.15) is 25.3 Å². The fourth-order valence-corrected chi connectivity index (χ4v) is 3.16. The second kappa shape index (κ2) is 3.72. The minimum absolute atomic E-state index is 0.0339. The van der Waals surface area contributed by atoms with E-state index in [9.17, 15) is 0 Å². The predicted molar refractivity (Wildman–Crippen MR) is 70.3 cm³/mol. The first-order chi connectivity index (χ1) is 8.12. The summed E-state index contributed by atoms with van der Waals surface area (Å²) in [4.78, 5) is 0. The molecule has 0 saturated carbocycles. The van der Waals surface area contributed by atoms with Gasteiger partial charge in [0.25, 0.3) is 0 Å². The van der Waals surface area contributed by atoms with Gasteiger partial charge in [-0.3, -0.25) is 4.68 Å². The molecule has 1 atom stereocenters. The minimum atomic E-state index is 0.0339. The Bertz CT molecular complexity index is 567. The van der Waals surface area contributed by atoms with Crippen molar-refractivity contribution in [3.8, 4) is 0 Å². The molecule has 90 valence electrons. The Kier molecular flexibility index (Phi) is 2.42. The van der Waals surface area contributed by atoms with Gasteiger partial charge < -0.3 is 5.32 Å². The Balaban J connectivity index is 2.29. The van der Waals surface area contributed by atoms with Crippen LogP contribution in [0.4, 0.5) is 0 Å². The number of aryl methyl sites for hydroxylation is 1. The first-order valence-electron chi connectivity index (χ1n) is 5.98. The van der Waals surface area contributed by atoms with Gasteiger partial charge in [-0.15, -0.1) is 0 Å². The van der Waals surface area contributed by atoms with Crippen LogP contribution in [-0.4, -0.2) is 16.3 Å². The number of rotatable bonds is 1. The molecular weight excluding hydrogens is 234 g/mol. The molecule has 1 unspecified atom stereocenters. The van der Waals surface area contributed by atoms with Crippen molar-refractivity contribution in [3.05, 3.63) is 28.9 Å². The molecule has 2 aromatic rings. The highest BCUT2D eigenvalue weighted by Crippen LogP contribution is 2.37. The van der Waals surface area contributed by atoms with Gasteiger partial charge in [-0.2, -0.15) is 5.10 Å². The van der Waals surface area contributed by atoms with E-state index in [-0.39, 0.29) is 5.54 Å². The van der Waals surface area contributed by atoms with Gasteiger partial charge in [0.2, 0.25) is 0 Å². The van der Waals surface area contributed by atoms with Crippen molar-refractivity contribution in [2.45, 2.75) is 25.3 Å². The van der Waals surface area contributed by atoms with E-state index in [0.717, 1.165) is 23.9 Å². The van der Waals surface area contributed by atoms with Gasteiger partial charge in [-0.25, -0.2) is 0 Å². The lowest BCUT2D eigenvalue weighted by molar-refractivity contribution is 0.438. The summed E-state index contributed by atoms with van der Waals surface area (Å²) in [5, 5.41) is 9.59. The molecule has 4 heteroatoms. The second-order valence-corrected chi connectivity index (χ2v) is 5.33. The molecule has 1 saturated heterocycles. The maximum absolute atomic E-state index is 6.26.